The fraction of sp³-hybridized carbons (Fsp3) is 0.200. The summed E-state index contributed by atoms with van der Waals surface area (Å²) in [5.74, 6) is -0.169. The van der Waals surface area contributed by atoms with Crippen LogP contribution >= 0.6 is 11.8 Å². The molecule has 1 atom stereocenters. The Kier molecular flexibility index (Phi) is 8.21. The van der Waals surface area contributed by atoms with Crippen LogP contribution in [-0.2, 0) is 16.0 Å². The van der Waals surface area contributed by atoms with Crippen molar-refractivity contribution in [3.05, 3.63) is 94.5 Å². The average molecular weight is 464 g/mol. The maximum absolute atomic E-state index is 12.7. The van der Waals surface area contributed by atoms with E-state index in [-0.39, 0.29) is 23.9 Å². The van der Waals surface area contributed by atoms with E-state index in [1.54, 1.807) is 36.1 Å². The van der Waals surface area contributed by atoms with E-state index in [1.165, 1.54) is 23.9 Å². The summed E-state index contributed by atoms with van der Waals surface area (Å²) in [6, 6.07) is 22.9. The fourth-order valence-corrected chi connectivity index (χ4v) is 4.10. The Balaban J connectivity index is 1.55. The molecule has 3 rings (SSSR count). The van der Waals surface area contributed by atoms with Gasteiger partial charge in [-0.3, -0.25) is 19.7 Å². The Bertz CT molecular complexity index is 1100. The number of nitro benzene ring substituents is 1. The monoisotopic (exact) mass is 463 g/mol. The maximum atomic E-state index is 12.7. The van der Waals surface area contributed by atoms with Crippen LogP contribution < -0.4 is 10.2 Å². The molecule has 0 heterocycles. The van der Waals surface area contributed by atoms with Gasteiger partial charge >= 0.3 is 0 Å². The number of carbonyl (C=O) groups excluding carboxylic acids is 2. The van der Waals surface area contributed by atoms with Gasteiger partial charge in [-0.25, -0.2) is 0 Å². The molecule has 0 aliphatic heterocycles. The number of nitro groups is 1. The Labute approximate surface area is 197 Å². The molecule has 0 bridgehead atoms. The second-order valence-electron chi connectivity index (χ2n) is 7.35. The number of hydrogen-bond acceptors (Lipinski definition) is 5. The highest BCUT2D eigenvalue weighted by molar-refractivity contribution is 8.00. The summed E-state index contributed by atoms with van der Waals surface area (Å²) in [5.41, 5.74) is 2.39. The van der Waals surface area contributed by atoms with Gasteiger partial charge in [0.05, 0.1) is 16.6 Å². The lowest BCUT2D eigenvalue weighted by Crippen LogP contribution is -2.31. The van der Waals surface area contributed by atoms with Crippen LogP contribution in [0.1, 0.15) is 19.4 Å². The van der Waals surface area contributed by atoms with E-state index in [0.717, 1.165) is 16.1 Å². The van der Waals surface area contributed by atoms with Crippen LogP contribution in [0.25, 0.3) is 0 Å². The van der Waals surface area contributed by atoms with Gasteiger partial charge in [-0.15, -0.1) is 11.8 Å². The molecule has 0 fully saturated rings. The first-order chi connectivity index (χ1) is 15.9. The van der Waals surface area contributed by atoms with Gasteiger partial charge in [0, 0.05) is 34.9 Å². The van der Waals surface area contributed by atoms with Crippen molar-refractivity contribution in [3.8, 4) is 0 Å². The number of nitrogens with one attached hydrogen (secondary N) is 1. The van der Waals surface area contributed by atoms with Crippen LogP contribution in [0.15, 0.2) is 83.8 Å². The lowest BCUT2D eigenvalue weighted by atomic mass is 10.1. The van der Waals surface area contributed by atoms with Crippen molar-refractivity contribution in [2.45, 2.75) is 30.4 Å². The van der Waals surface area contributed by atoms with E-state index < -0.39 is 10.2 Å². The molecule has 0 aliphatic carbocycles. The lowest BCUT2D eigenvalue weighted by molar-refractivity contribution is -0.384. The van der Waals surface area contributed by atoms with Gasteiger partial charge in [-0.05, 0) is 55.8 Å². The number of anilines is 2. The average Bonchev–Trinajstić information content (AvgIpc) is 2.82. The first-order valence-corrected chi connectivity index (χ1v) is 11.4. The quantitative estimate of drug-likeness (QED) is 0.264. The first-order valence-electron chi connectivity index (χ1n) is 10.5. The largest absolute Gasteiger partial charge is 0.325 e. The Morgan fingerprint density at radius 2 is 1.64 bits per heavy atom. The highest BCUT2D eigenvalue weighted by Gasteiger charge is 2.17. The van der Waals surface area contributed by atoms with Crippen molar-refractivity contribution >= 4 is 40.6 Å². The molecule has 170 valence electrons. The van der Waals surface area contributed by atoms with Crippen LogP contribution in [0, 0.1) is 10.1 Å². The van der Waals surface area contributed by atoms with Crippen molar-refractivity contribution in [2.75, 3.05) is 16.8 Å². The number of thioether (sulfide) groups is 1. The van der Waals surface area contributed by atoms with Crippen LogP contribution in [0.5, 0.6) is 0 Å². The van der Waals surface area contributed by atoms with E-state index in [4.69, 9.17) is 0 Å². The summed E-state index contributed by atoms with van der Waals surface area (Å²) in [7, 11) is 0. The van der Waals surface area contributed by atoms with Gasteiger partial charge in [-0.1, -0.05) is 30.3 Å². The van der Waals surface area contributed by atoms with Gasteiger partial charge in [-0.2, -0.15) is 0 Å². The molecule has 0 radical (unpaired) electrons. The summed E-state index contributed by atoms with van der Waals surface area (Å²) < 4.78 is 0. The molecule has 0 saturated carbocycles. The van der Waals surface area contributed by atoms with E-state index in [1.807, 2.05) is 49.4 Å². The Morgan fingerprint density at radius 1 is 1.00 bits per heavy atom. The minimum absolute atomic E-state index is 0.00797. The van der Waals surface area contributed by atoms with Gasteiger partial charge in [0.25, 0.3) is 5.69 Å². The normalized spacial score (nSPS) is 11.5. The number of benzene rings is 3. The summed E-state index contributed by atoms with van der Waals surface area (Å²) >= 11 is 1.32. The van der Waals surface area contributed by atoms with E-state index in [9.17, 15) is 19.7 Å². The van der Waals surface area contributed by atoms with Crippen molar-refractivity contribution in [3.63, 3.8) is 0 Å². The number of hydrogen-bond donors (Lipinski definition) is 1. The molecule has 0 spiro atoms. The van der Waals surface area contributed by atoms with E-state index >= 15 is 0 Å². The summed E-state index contributed by atoms with van der Waals surface area (Å²) in [5, 5.41) is 13.2. The van der Waals surface area contributed by atoms with Crippen LogP contribution in [-0.4, -0.2) is 28.5 Å². The second-order valence-corrected chi connectivity index (χ2v) is 8.76. The molecular formula is C25H25N3O4S. The van der Waals surface area contributed by atoms with Gasteiger partial charge in [0.2, 0.25) is 11.8 Å². The third-order valence-electron chi connectivity index (χ3n) is 4.99. The summed E-state index contributed by atoms with van der Waals surface area (Å²) in [6.45, 7) is 4.30. The zero-order chi connectivity index (χ0) is 23.8. The zero-order valence-electron chi connectivity index (χ0n) is 18.4. The topological polar surface area (TPSA) is 92.6 Å². The van der Waals surface area contributed by atoms with E-state index in [2.05, 4.69) is 5.32 Å². The number of rotatable bonds is 9. The number of non-ortho nitro benzene ring substituents is 1. The molecule has 2 amide bonds. The molecule has 0 aliphatic rings. The van der Waals surface area contributed by atoms with Crippen molar-refractivity contribution in [1.82, 2.24) is 0 Å². The summed E-state index contributed by atoms with van der Waals surface area (Å²) in [6.07, 6.45) is 0.267. The van der Waals surface area contributed by atoms with Crippen LogP contribution in [0.2, 0.25) is 0 Å². The third-order valence-corrected chi connectivity index (χ3v) is 6.10. The molecular weight excluding hydrogens is 438 g/mol. The minimum atomic E-state index is -0.455. The first kappa shape index (κ1) is 24.0. The maximum Gasteiger partial charge on any atom is 0.269 e. The highest BCUT2D eigenvalue weighted by atomic mass is 32.2. The number of nitrogens with zero attached hydrogens (tertiary/aromatic N) is 2. The predicted molar refractivity (Wildman–Crippen MR) is 132 cm³/mol. The van der Waals surface area contributed by atoms with E-state index in [0.29, 0.717) is 12.2 Å². The fourth-order valence-electron chi connectivity index (χ4n) is 3.23. The smallest absolute Gasteiger partial charge is 0.269 e. The van der Waals surface area contributed by atoms with Crippen LogP contribution in [0.4, 0.5) is 17.1 Å². The molecule has 33 heavy (non-hydrogen) atoms. The molecule has 3 aromatic rings. The molecule has 1 N–H and O–H groups in total. The third kappa shape index (κ3) is 6.66. The van der Waals surface area contributed by atoms with Gasteiger partial charge in [0.1, 0.15) is 0 Å². The minimum Gasteiger partial charge on any atom is -0.325 e. The standard InChI is InChI=1S/C25H25N3O4S/c1-3-27(21-7-5-4-6-8-21)24(29)17-19-9-11-20(12-10-19)26-25(30)18(2)33-23-15-13-22(14-16-23)28(31)32/h4-16,18H,3,17H2,1-2H3,(H,26,30). The van der Waals surface area contributed by atoms with Crippen molar-refractivity contribution in [1.29, 1.82) is 0 Å². The number of amides is 2. The SMILES string of the molecule is CCN(C(=O)Cc1ccc(NC(=O)C(C)Sc2ccc([N+](=O)[O-])cc2)cc1)c1ccccc1. The molecule has 1 unspecified atom stereocenters. The van der Waals surface area contributed by atoms with Crippen molar-refractivity contribution in [2.24, 2.45) is 0 Å². The zero-order valence-corrected chi connectivity index (χ0v) is 19.2. The molecule has 0 saturated heterocycles. The molecule has 8 heteroatoms. The number of likely N-dealkylation sites (N-methyl/N-ethyl adjacent to an activating group) is 1. The lowest BCUT2D eigenvalue weighted by Gasteiger charge is -2.21. The van der Waals surface area contributed by atoms with Gasteiger partial charge in [0.15, 0.2) is 0 Å². The molecule has 3 aromatic carbocycles. The van der Waals surface area contributed by atoms with Gasteiger partial charge < -0.3 is 10.2 Å². The molecule has 7 nitrogen and oxygen atoms in total. The summed E-state index contributed by atoms with van der Waals surface area (Å²) in [4.78, 5) is 38.1. The second kappa shape index (κ2) is 11.3. The number of carbonyl (C=O) groups is 2. The Hall–Kier alpha value is -3.65. The predicted octanol–water partition coefficient (Wildman–Crippen LogP) is 5.31. The highest BCUT2D eigenvalue weighted by Crippen LogP contribution is 2.26. The molecule has 0 aromatic heterocycles. The number of para-hydroxylation sites is 1. The van der Waals surface area contributed by atoms with Crippen molar-refractivity contribution < 1.29 is 14.5 Å². The van der Waals surface area contributed by atoms with Crippen LogP contribution in [0.3, 0.4) is 0 Å². The Morgan fingerprint density at radius 3 is 2.21 bits per heavy atom.